The van der Waals surface area contributed by atoms with Crippen molar-refractivity contribution in [3.63, 3.8) is 0 Å². The number of hydrazone groups is 1. The van der Waals surface area contributed by atoms with E-state index in [0.29, 0.717) is 39.7 Å². The summed E-state index contributed by atoms with van der Waals surface area (Å²) in [6.45, 7) is 6.70. The largest absolute Gasteiger partial charge is 0.490 e. The highest BCUT2D eigenvalue weighted by atomic mass is 35.5. The number of nitrogens with one attached hydrogen (secondary N) is 1. The van der Waals surface area contributed by atoms with Gasteiger partial charge in [-0.2, -0.15) is 5.10 Å². The van der Waals surface area contributed by atoms with E-state index in [-0.39, 0.29) is 6.10 Å². The van der Waals surface area contributed by atoms with Crippen molar-refractivity contribution in [1.29, 1.82) is 0 Å². The third-order valence-electron chi connectivity index (χ3n) is 3.31. The van der Waals surface area contributed by atoms with E-state index < -0.39 is 0 Å². The minimum atomic E-state index is -0.00624. The highest BCUT2D eigenvalue weighted by molar-refractivity contribution is 6.36. The van der Waals surface area contributed by atoms with E-state index in [4.69, 9.17) is 44.3 Å². The molecule has 0 aliphatic heterocycles. The molecule has 4 nitrogen and oxygen atoms in total. The SMILES string of the molecule is CCOc1cc(/C=N/NCc2c(Cl)cccc2Cl)cc(Cl)c1OC(C)C. The van der Waals surface area contributed by atoms with Crippen LogP contribution in [0.15, 0.2) is 35.4 Å². The van der Waals surface area contributed by atoms with Crippen molar-refractivity contribution in [2.24, 2.45) is 5.10 Å². The van der Waals surface area contributed by atoms with Crippen molar-refractivity contribution < 1.29 is 9.47 Å². The molecule has 0 spiro atoms. The average molecular weight is 416 g/mol. The molecule has 1 N–H and O–H groups in total. The Morgan fingerprint density at radius 3 is 2.42 bits per heavy atom. The lowest BCUT2D eigenvalue weighted by atomic mass is 10.2. The Labute approximate surface area is 169 Å². The Kier molecular flexibility index (Phi) is 7.88. The van der Waals surface area contributed by atoms with Crippen LogP contribution in [0, 0.1) is 0 Å². The van der Waals surface area contributed by atoms with E-state index in [1.54, 1.807) is 30.5 Å². The second kappa shape index (κ2) is 9.91. The van der Waals surface area contributed by atoms with E-state index in [2.05, 4.69) is 10.5 Å². The first kappa shape index (κ1) is 20.7. The van der Waals surface area contributed by atoms with Crippen LogP contribution < -0.4 is 14.9 Å². The molecule has 140 valence electrons. The Morgan fingerprint density at radius 2 is 1.81 bits per heavy atom. The van der Waals surface area contributed by atoms with Crippen LogP contribution >= 0.6 is 34.8 Å². The third-order valence-corrected chi connectivity index (χ3v) is 4.30. The van der Waals surface area contributed by atoms with Crippen LogP contribution in [0.4, 0.5) is 0 Å². The molecule has 0 amide bonds. The Bertz CT molecular complexity index is 759. The van der Waals surface area contributed by atoms with Gasteiger partial charge in [-0.15, -0.1) is 0 Å². The van der Waals surface area contributed by atoms with Crippen LogP contribution in [0.5, 0.6) is 11.5 Å². The summed E-state index contributed by atoms with van der Waals surface area (Å²) in [6, 6.07) is 8.98. The Morgan fingerprint density at radius 1 is 1.12 bits per heavy atom. The highest BCUT2D eigenvalue weighted by Gasteiger charge is 2.13. The predicted molar refractivity (Wildman–Crippen MR) is 109 cm³/mol. The number of hydrogen-bond acceptors (Lipinski definition) is 4. The molecular formula is C19H21Cl3N2O2. The zero-order chi connectivity index (χ0) is 19.1. The molecule has 0 aliphatic carbocycles. The van der Waals surface area contributed by atoms with Gasteiger partial charge in [-0.3, -0.25) is 0 Å². The van der Waals surface area contributed by atoms with Gasteiger partial charge in [0.25, 0.3) is 0 Å². The molecule has 0 saturated heterocycles. The lowest BCUT2D eigenvalue weighted by Gasteiger charge is -2.16. The second-order valence-corrected chi connectivity index (χ2v) is 6.94. The van der Waals surface area contributed by atoms with Gasteiger partial charge in [0.05, 0.1) is 30.5 Å². The Balaban J connectivity index is 2.12. The van der Waals surface area contributed by atoms with Gasteiger partial charge in [-0.1, -0.05) is 40.9 Å². The first-order valence-electron chi connectivity index (χ1n) is 8.24. The molecule has 0 fully saturated rings. The van der Waals surface area contributed by atoms with E-state index in [9.17, 15) is 0 Å². The molecule has 7 heteroatoms. The summed E-state index contributed by atoms with van der Waals surface area (Å²) in [5.74, 6) is 1.13. The fourth-order valence-electron chi connectivity index (χ4n) is 2.22. The average Bonchev–Trinajstić information content (AvgIpc) is 2.57. The normalized spacial score (nSPS) is 11.2. The number of ether oxygens (including phenoxy) is 2. The van der Waals surface area contributed by atoms with Gasteiger partial charge in [0.1, 0.15) is 0 Å². The zero-order valence-corrected chi connectivity index (χ0v) is 17.1. The van der Waals surface area contributed by atoms with Gasteiger partial charge in [0.15, 0.2) is 11.5 Å². The third kappa shape index (κ3) is 5.70. The lowest BCUT2D eigenvalue weighted by Crippen LogP contribution is -2.09. The smallest absolute Gasteiger partial charge is 0.180 e. The fourth-order valence-corrected chi connectivity index (χ4v) is 3.02. The number of benzene rings is 2. The molecule has 0 aromatic heterocycles. The van der Waals surface area contributed by atoms with Crippen molar-refractivity contribution >= 4 is 41.0 Å². The van der Waals surface area contributed by atoms with Gasteiger partial charge in [-0.05, 0) is 50.6 Å². The standard InChI is InChI=1S/C19H21Cl3N2O2/c1-4-25-18-9-13(8-17(22)19(18)26-12(2)3)10-23-24-11-14-15(20)6-5-7-16(14)21/h5-10,12,24H,4,11H2,1-3H3/b23-10+. The highest BCUT2D eigenvalue weighted by Crippen LogP contribution is 2.37. The van der Waals surface area contributed by atoms with Gasteiger partial charge in [0.2, 0.25) is 0 Å². The summed E-state index contributed by atoms with van der Waals surface area (Å²) >= 11 is 18.6. The quantitative estimate of drug-likeness (QED) is 0.427. The van der Waals surface area contributed by atoms with Crippen molar-refractivity contribution in [3.05, 3.63) is 56.5 Å². The molecular weight excluding hydrogens is 395 g/mol. The minimum absolute atomic E-state index is 0.00624. The van der Waals surface area contributed by atoms with Crippen molar-refractivity contribution in [2.45, 2.75) is 33.4 Å². The van der Waals surface area contributed by atoms with Crippen molar-refractivity contribution in [1.82, 2.24) is 5.43 Å². The summed E-state index contributed by atoms with van der Waals surface area (Å²) in [5, 5.41) is 5.87. The van der Waals surface area contributed by atoms with Crippen LogP contribution in [0.3, 0.4) is 0 Å². The molecule has 0 aliphatic rings. The van der Waals surface area contributed by atoms with Crippen LogP contribution in [0.25, 0.3) is 0 Å². The van der Waals surface area contributed by atoms with Crippen LogP contribution in [-0.4, -0.2) is 18.9 Å². The van der Waals surface area contributed by atoms with Crippen LogP contribution in [0.1, 0.15) is 31.9 Å². The monoisotopic (exact) mass is 414 g/mol. The second-order valence-electron chi connectivity index (χ2n) is 5.72. The molecule has 0 saturated carbocycles. The summed E-state index contributed by atoms with van der Waals surface area (Å²) in [4.78, 5) is 0. The molecule has 2 rings (SSSR count). The van der Waals surface area contributed by atoms with Gasteiger partial charge in [-0.25, -0.2) is 0 Å². The fraction of sp³-hybridized carbons (Fsp3) is 0.316. The maximum absolute atomic E-state index is 6.34. The molecule has 2 aromatic rings. The molecule has 0 bridgehead atoms. The van der Waals surface area contributed by atoms with Crippen molar-refractivity contribution in [2.75, 3.05) is 6.61 Å². The number of hydrogen-bond donors (Lipinski definition) is 1. The molecule has 0 heterocycles. The van der Waals surface area contributed by atoms with Gasteiger partial charge >= 0.3 is 0 Å². The maximum Gasteiger partial charge on any atom is 0.180 e. The predicted octanol–water partition coefficient (Wildman–Crippen LogP) is 5.96. The van der Waals surface area contributed by atoms with E-state index in [1.165, 1.54) is 0 Å². The summed E-state index contributed by atoms with van der Waals surface area (Å²) in [5.41, 5.74) is 4.51. The minimum Gasteiger partial charge on any atom is -0.490 e. The van der Waals surface area contributed by atoms with E-state index in [1.807, 2.05) is 26.8 Å². The number of rotatable bonds is 8. The van der Waals surface area contributed by atoms with Crippen LogP contribution in [0.2, 0.25) is 15.1 Å². The molecule has 0 atom stereocenters. The van der Waals surface area contributed by atoms with E-state index in [0.717, 1.165) is 11.1 Å². The first-order chi connectivity index (χ1) is 12.4. The Hall–Kier alpha value is -1.62. The number of nitrogens with zero attached hydrogens (tertiary/aromatic N) is 1. The van der Waals surface area contributed by atoms with Crippen LogP contribution in [-0.2, 0) is 6.54 Å². The van der Waals surface area contributed by atoms with Gasteiger partial charge < -0.3 is 14.9 Å². The first-order valence-corrected chi connectivity index (χ1v) is 9.37. The van der Waals surface area contributed by atoms with Gasteiger partial charge in [0, 0.05) is 15.6 Å². The zero-order valence-electron chi connectivity index (χ0n) is 14.9. The summed E-state index contributed by atoms with van der Waals surface area (Å²) in [6.07, 6.45) is 1.64. The number of halogens is 3. The lowest BCUT2D eigenvalue weighted by molar-refractivity contribution is 0.224. The maximum atomic E-state index is 6.34. The summed E-state index contributed by atoms with van der Waals surface area (Å²) < 4.78 is 11.4. The molecule has 26 heavy (non-hydrogen) atoms. The molecule has 2 aromatic carbocycles. The topological polar surface area (TPSA) is 42.8 Å². The molecule has 0 unspecified atom stereocenters. The van der Waals surface area contributed by atoms with Crippen molar-refractivity contribution in [3.8, 4) is 11.5 Å². The van der Waals surface area contributed by atoms with E-state index >= 15 is 0 Å². The molecule has 0 radical (unpaired) electrons. The summed E-state index contributed by atoms with van der Waals surface area (Å²) in [7, 11) is 0.